The van der Waals surface area contributed by atoms with Crippen molar-refractivity contribution in [2.75, 3.05) is 12.4 Å². The summed E-state index contributed by atoms with van der Waals surface area (Å²) in [5.74, 6) is -0.474. The van der Waals surface area contributed by atoms with Gasteiger partial charge in [0.25, 0.3) is 0 Å². The Morgan fingerprint density at radius 3 is 2.78 bits per heavy atom. The standard InChI is InChI=1S/C13H15NO4/c1-9(15)14-12-7-6-11(16)8-10(12)4-3-5-13(17)18-2/h3-4,6-8,16H,5H2,1-2H3,(H,14,15)/b4-3+. The molecule has 0 unspecified atom stereocenters. The molecule has 1 aromatic carbocycles. The summed E-state index contributed by atoms with van der Waals surface area (Å²) in [6, 6.07) is 4.57. The van der Waals surface area contributed by atoms with Crippen molar-refractivity contribution in [1.82, 2.24) is 0 Å². The van der Waals surface area contributed by atoms with E-state index in [1.807, 2.05) is 0 Å². The third-order valence-corrected chi connectivity index (χ3v) is 2.16. The second-order valence-electron chi connectivity index (χ2n) is 3.64. The van der Waals surface area contributed by atoms with Gasteiger partial charge < -0.3 is 15.2 Å². The summed E-state index contributed by atoms with van der Waals surface area (Å²) in [6.07, 6.45) is 3.37. The van der Waals surface area contributed by atoms with Gasteiger partial charge in [0.05, 0.1) is 13.5 Å². The van der Waals surface area contributed by atoms with E-state index in [9.17, 15) is 14.7 Å². The molecule has 0 bridgehead atoms. The number of ether oxygens (including phenoxy) is 1. The molecule has 0 saturated heterocycles. The molecule has 0 aromatic heterocycles. The van der Waals surface area contributed by atoms with E-state index in [1.54, 1.807) is 18.2 Å². The van der Waals surface area contributed by atoms with Crippen LogP contribution in [0.3, 0.4) is 0 Å². The maximum Gasteiger partial charge on any atom is 0.309 e. The molecule has 0 atom stereocenters. The molecule has 5 nitrogen and oxygen atoms in total. The second-order valence-corrected chi connectivity index (χ2v) is 3.64. The van der Waals surface area contributed by atoms with Crippen molar-refractivity contribution in [3.8, 4) is 5.75 Å². The van der Waals surface area contributed by atoms with Crippen molar-refractivity contribution in [2.24, 2.45) is 0 Å². The number of rotatable bonds is 4. The van der Waals surface area contributed by atoms with Crippen LogP contribution in [0.5, 0.6) is 5.75 Å². The molecule has 0 aliphatic carbocycles. The highest BCUT2D eigenvalue weighted by Gasteiger charge is 2.03. The van der Waals surface area contributed by atoms with Gasteiger partial charge in [0.15, 0.2) is 0 Å². The van der Waals surface area contributed by atoms with Crippen molar-refractivity contribution < 1.29 is 19.4 Å². The number of carbonyl (C=O) groups excluding carboxylic acids is 2. The zero-order chi connectivity index (χ0) is 13.5. The van der Waals surface area contributed by atoms with Gasteiger partial charge in [0, 0.05) is 18.2 Å². The van der Waals surface area contributed by atoms with E-state index < -0.39 is 0 Å². The van der Waals surface area contributed by atoms with Gasteiger partial charge in [-0.2, -0.15) is 0 Å². The zero-order valence-electron chi connectivity index (χ0n) is 10.3. The van der Waals surface area contributed by atoms with E-state index in [2.05, 4.69) is 10.1 Å². The largest absolute Gasteiger partial charge is 0.508 e. The minimum atomic E-state index is -0.354. The molecule has 0 aliphatic heterocycles. The van der Waals surface area contributed by atoms with Crippen molar-refractivity contribution in [1.29, 1.82) is 0 Å². The Kier molecular flexibility index (Phi) is 4.92. The number of aromatic hydroxyl groups is 1. The monoisotopic (exact) mass is 249 g/mol. The number of benzene rings is 1. The van der Waals surface area contributed by atoms with E-state index >= 15 is 0 Å². The van der Waals surface area contributed by atoms with Gasteiger partial charge in [-0.05, 0) is 18.2 Å². The Hall–Kier alpha value is -2.30. The van der Waals surface area contributed by atoms with Crippen molar-refractivity contribution in [2.45, 2.75) is 13.3 Å². The molecule has 0 heterocycles. The van der Waals surface area contributed by atoms with Crippen LogP contribution in [0.15, 0.2) is 24.3 Å². The topological polar surface area (TPSA) is 75.6 Å². The zero-order valence-corrected chi connectivity index (χ0v) is 10.3. The molecular weight excluding hydrogens is 234 g/mol. The first-order valence-corrected chi connectivity index (χ1v) is 5.37. The van der Waals surface area contributed by atoms with E-state index in [0.717, 1.165) is 0 Å². The summed E-state index contributed by atoms with van der Waals surface area (Å²) in [5, 5.41) is 12.0. The third kappa shape index (κ3) is 4.29. The molecule has 96 valence electrons. The number of nitrogens with one attached hydrogen (secondary N) is 1. The number of carbonyl (C=O) groups is 2. The summed E-state index contributed by atoms with van der Waals surface area (Å²) in [6.45, 7) is 1.40. The molecule has 0 saturated carbocycles. The summed E-state index contributed by atoms with van der Waals surface area (Å²) in [7, 11) is 1.31. The first kappa shape index (κ1) is 13.8. The molecule has 1 amide bonds. The molecular formula is C13H15NO4. The van der Waals surface area contributed by atoms with Crippen LogP contribution < -0.4 is 5.32 Å². The van der Waals surface area contributed by atoms with Crippen molar-refractivity contribution >= 4 is 23.6 Å². The quantitative estimate of drug-likeness (QED) is 0.631. The van der Waals surface area contributed by atoms with Crippen LogP contribution in [-0.4, -0.2) is 24.1 Å². The van der Waals surface area contributed by atoms with Crippen molar-refractivity contribution in [3.63, 3.8) is 0 Å². The Balaban J connectivity index is 2.88. The highest BCUT2D eigenvalue weighted by molar-refractivity contribution is 5.91. The van der Waals surface area contributed by atoms with Crippen LogP contribution >= 0.6 is 0 Å². The first-order chi connectivity index (χ1) is 8.52. The summed E-state index contributed by atoms with van der Waals surface area (Å²) in [4.78, 5) is 21.9. The average molecular weight is 249 g/mol. The molecule has 2 N–H and O–H groups in total. The number of esters is 1. The van der Waals surface area contributed by atoms with Crippen LogP contribution in [0.2, 0.25) is 0 Å². The van der Waals surface area contributed by atoms with E-state index in [1.165, 1.54) is 26.2 Å². The van der Waals surface area contributed by atoms with E-state index in [-0.39, 0.29) is 24.0 Å². The third-order valence-electron chi connectivity index (χ3n) is 2.16. The van der Waals surface area contributed by atoms with Gasteiger partial charge in [-0.1, -0.05) is 12.2 Å². The van der Waals surface area contributed by atoms with Crippen LogP contribution in [0.1, 0.15) is 18.9 Å². The lowest BCUT2D eigenvalue weighted by atomic mass is 10.1. The van der Waals surface area contributed by atoms with Gasteiger partial charge in [0.1, 0.15) is 5.75 Å². The van der Waals surface area contributed by atoms with Gasteiger partial charge in [0.2, 0.25) is 5.91 Å². The fourth-order valence-corrected chi connectivity index (χ4v) is 1.36. The lowest BCUT2D eigenvalue weighted by Crippen LogP contribution is -2.06. The number of hydrogen-bond donors (Lipinski definition) is 2. The number of phenolic OH excluding ortho intramolecular Hbond substituents is 1. The Morgan fingerprint density at radius 2 is 2.17 bits per heavy atom. The normalized spacial score (nSPS) is 10.3. The van der Waals surface area contributed by atoms with Crippen LogP contribution in [0.4, 0.5) is 5.69 Å². The van der Waals surface area contributed by atoms with Crippen LogP contribution in [-0.2, 0) is 14.3 Å². The number of amides is 1. The van der Waals surface area contributed by atoms with Gasteiger partial charge in [-0.15, -0.1) is 0 Å². The lowest BCUT2D eigenvalue weighted by molar-refractivity contribution is -0.139. The van der Waals surface area contributed by atoms with E-state index in [0.29, 0.717) is 11.3 Å². The predicted molar refractivity (Wildman–Crippen MR) is 68.1 cm³/mol. The highest BCUT2D eigenvalue weighted by atomic mass is 16.5. The first-order valence-electron chi connectivity index (χ1n) is 5.37. The molecule has 1 aromatic rings. The Morgan fingerprint density at radius 1 is 1.44 bits per heavy atom. The maximum atomic E-state index is 11.0. The minimum absolute atomic E-state index is 0.0850. The smallest absolute Gasteiger partial charge is 0.309 e. The van der Waals surface area contributed by atoms with Gasteiger partial charge >= 0.3 is 5.97 Å². The molecule has 0 radical (unpaired) electrons. The van der Waals surface area contributed by atoms with Gasteiger partial charge in [-0.3, -0.25) is 9.59 Å². The number of hydrogen-bond acceptors (Lipinski definition) is 4. The molecule has 0 aliphatic rings. The highest BCUT2D eigenvalue weighted by Crippen LogP contribution is 2.22. The molecule has 1 rings (SSSR count). The molecule has 18 heavy (non-hydrogen) atoms. The second kappa shape index (κ2) is 6.44. The molecule has 0 spiro atoms. The predicted octanol–water partition coefficient (Wildman–Crippen LogP) is 1.93. The SMILES string of the molecule is COC(=O)C/C=C/c1cc(O)ccc1NC(C)=O. The number of anilines is 1. The summed E-state index contributed by atoms with van der Waals surface area (Å²) in [5.41, 5.74) is 1.19. The van der Waals surface area contributed by atoms with Crippen LogP contribution in [0.25, 0.3) is 6.08 Å². The minimum Gasteiger partial charge on any atom is -0.508 e. The summed E-state index contributed by atoms with van der Waals surface area (Å²) >= 11 is 0. The maximum absolute atomic E-state index is 11.0. The Bertz CT molecular complexity index is 480. The number of methoxy groups -OCH3 is 1. The lowest BCUT2D eigenvalue weighted by Gasteiger charge is -2.07. The molecule has 5 heteroatoms. The fourth-order valence-electron chi connectivity index (χ4n) is 1.36. The average Bonchev–Trinajstić information content (AvgIpc) is 2.31. The fraction of sp³-hybridized carbons (Fsp3) is 0.231. The van der Waals surface area contributed by atoms with E-state index in [4.69, 9.17) is 0 Å². The van der Waals surface area contributed by atoms with Crippen LogP contribution in [0, 0.1) is 0 Å². The number of phenols is 1. The molecule has 0 fully saturated rings. The van der Waals surface area contributed by atoms with Crippen molar-refractivity contribution in [3.05, 3.63) is 29.8 Å². The Labute approximate surface area is 105 Å². The van der Waals surface area contributed by atoms with Gasteiger partial charge in [-0.25, -0.2) is 0 Å². The summed E-state index contributed by atoms with van der Waals surface area (Å²) < 4.78 is 4.50.